The lowest BCUT2D eigenvalue weighted by molar-refractivity contribution is -0.00614. The molecule has 1 aromatic carbocycles. The van der Waals surface area contributed by atoms with Gasteiger partial charge in [0.2, 0.25) is 0 Å². The molecule has 8 nitrogen and oxygen atoms in total. The molecular formula is C21H25N5O3. The summed E-state index contributed by atoms with van der Waals surface area (Å²) in [5.41, 5.74) is 1.98. The number of hydrogen-bond donors (Lipinski definition) is 0. The van der Waals surface area contributed by atoms with Gasteiger partial charge in [-0.25, -0.2) is 0 Å². The quantitative estimate of drug-likeness (QED) is 0.677. The Bertz CT molecular complexity index is 1000. The van der Waals surface area contributed by atoms with Crippen molar-refractivity contribution >= 4 is 5.91 Å². The van der Waals surface area contributed by atoms with Crippen molar-refractivity contribution in [1.82, 2.24) is 24.8 Å². The first-order chi connectivity index (χ1) is 13.8. The monoisotopic (exact) mass is 395 g/mol. The molecule has 0 aliphatic carbocycles. The molecule has 3 aromatic rings. The maximum atomic E-state index is 13.3. The highest BCUT2D eigenvalue weighted by Crippen LogP contribution is 2.27. The summed E-state index contributed by atoms with van der Waals surface area (Å²) in [6.07, 6.45) is 0. The van der Waals surface area contributed by atoms with Crippen molar-refractivity contribution in [2.24, 2.45) is 0 Å². The second kappa shape index (κ2) is 7.44. The molecule has 3 heterocycles. The molecule has 0 unspecified atom stereocenters. The van der Waals surface area contributed by atoms with E-state index in [1.807, 2.05) is 48.0 Å². The van der Waals surface area contributed by atoms with Gasteiger partial charge in [0.05, 0.1) is 18.8 Å². The van der Waals surface area contributed by atoms with Crippen molar-refractivity contribution in [3.63, 3.8) is 0 Å². The van der Waals surface area contributed by atoms with Crippen molar-refractivity contribution in [3.8, 4) is 11.5 Å². The number of aromatic nitrogens is 4. The lowest BCUT2D eigenvalue weighted by Crippen LogP contribution is -2.44. The molecule has 0 spiro atoms. The zero-order chi connectivity index (χ0) is 20.6. The molecular weight excluding hydrogens is 370 g/mol. The molecule has 0 radical (unpaired) electrons. The van der Waals surface area contributed by atoms with Crippen molar-refractivity contribution in [2.45, 2.75) is 39.3 Å². The van der Waals surface area contributed by atoms with E-state index in [1.54, 1.807) is 4.90 Å². The lowest BCUT2D eigenvalue weighted by Gasteiger charge is -2.33. The standard InChI is InChI=1S/C21H25N5O3/c1-14-12-16(23-26(14)21(2,3)4)20(27)25-10-11-28-13-17(25)18-22-19(29-24-18)15-8-6-5-7-9-15/h5-9,12,17H,10-11,13H2,1-4H3/t17-/m1/s1. The fraction of sp³-hybridized carbons (Fsp3) is 0.429. The molecule has 152 valence electrons. The minimum Gasteiger partial charge on any atom is -0.377 e. The number of ether oxygens (including phenoxy) is 1. The number of aryl methyl sites for hydroxylation is 1. The van der Waals surface area contributed by atoms with Crippen LogP contribution in [0.25, 0.3) is 11.5 Å². The first-order valence-electron chi connectivity index (χ1n) is 9.69. The summed E-state index contributed by atoms with van der Waals surface area (Å²) < 4.78 is 12.9. The molecule has 0 saturated carbocycles. The summed E-state index contributed by atoms with van der Waals surface area (Å²) in [4.78, 5) is 19.5. The van der Waals surface area contributed by atoms with Crippen molar-refractivity contribution < 1.29 is 14.1 Å². The molecule has 1 fully saturated rings. The van der Waals surface area contributed by atoms with Gasteiger partial charge in [-0.1, -0.05) is 23.4 Å². The summed E-state index contributed by atoms with van der Waals surface area (Å²) in [5.74, 6) is 0.700. The van der Waals surface area contributed by atoms with Crippen molar-refractivity contribution in [1.29, 1.82) is 0 Å². The normalized spacial score (nSPS) is 17.5. The van der Waals surface area contributed by atoms with E-state index in [4.69, 9.17) is 9.26 Å². The van der Waals surface area contributed by atoms with Crippen LogP contribution < -0.4 is 0 Å². The van der Waals surface area contributed by atoms with E-state index < -0.39 is 6.04 Å². The lowest BCUT2D eigenvalue weighted by atomic mass is 10.1. The van der Waals surface area contributed by atoms with E-state index in [0.717, 1.165) is 11.3 Å². The third-order valence-electron chi connectivity index (χ3n) is 4.89. The Hall–Kier alpha value is -3.00. The Kier molecular flexibility index (Phi) is 4.96. The minimum absolute atomic E-state index is 0.157. The van der Waals surface area contributed by atoms with Crippen LogP contribution in [0.4, 0.5) is 0 Å². The first kappa shape index (κ1) is 19.3. The van der Waals surface area contributed by atoms with Gasteiger partial charge in [0.1, 0.15) is 6.04 Å². The minimum atomic E-state index is -0.419. The summed E-state index contributed by atoms with van der Waals surface area (Å²) in [5, 5.41) is 8.68. The molecule has 8 heteroatoms. The highest BCUT2D eigenvalue weighted by molar-refractivity contribution is 5.92. The van der Waals surface area contributed by atoms with Gasteiger partial charge in [0, 0.05) is 17.8 Å². The van der Waals surface area contributed by atoms with Gasteiger partial charge in [-0.15, -0.1) is 0 Å². The highest BCUT2D eigenvalue weighted by atomic mass is 16.5. The molecule has 4 rings (SSSR count). The average Bonchev–Trinajstić information content (AvgIpc) is 3.35. The number of carbonyl (C=O) groups excluding carboxylic acids is 1. The first-order valence-corrected chi connectivity index (χ1v) is 9.69. The van der Waals surface area contributed by atoms with Crippen molar-refractivity contribution in [3.05, 3.63) is 53.6 Å². The van der Waals surface area contributed by atoms with E-state index in [1.165, 1.54) is 0 Å². The van der Waals surface area contributed by atoms with Gasteiger partial charge < -0.3 is 14.2 Å². The van der Waals surface area contributed by atoms with Crippen LogP contribution in [0.15, 0.2) is 40.9 Å². The third kappa shape index (κ3) is 3.80. The summed E-state index contributed by atoms with van der Waals surface area (Å²) in [7, 11) is 0. The van der Waals surface area contributed by atoms with E-state index in [-0.39, 0.29) is 11.4 Å². The van der Waals surface area contributed by atoms with Crippen LogP contribution in [-0.4, -0.2) is 50.5 Å². The van der Waals surface area contributed by atoms with Crippen LogP contribution in [-0.2, 0) is 10.3 Å². The molecule has 1 atom stereocenters. The summed E-state index contributed by atoms with van der Waals surface area (Å²) in [6.45, 7) is 9.36. The number of carbonyl (C=O) groups is 1. The number of nitrogens with zero attached hydrogens (tertiary/aromatic N) is 5. The number of rotatable bonds is 3. The Labute approximate surface area is 169 Å². The highest BCUT2D eigenvalue weighted by Gasteiger charge is 2.34. The number of morpholine rings is 1. The van der Waals surface area contributed by atoms with Gasteiger partial charge in [0.25, 0.3) is 11.8 Å². The van der Waals surface area contributed by atoms with Gasteiger partial charge in [0.15, 0.2) is 11.5 Å². The average molecular weight is 395 g/mol. The second-order valence-electron chi connectivity index (χ2n) is 8.17. The fourth-order valence-electron chi connectivity index (χ4n) is 3.53. The number of benzene rings is 1. The fourth-order valence-corrected chi connectivity index (χ4v) is 3.53. The van der Waals surface area contributed by atoms with E-state index in [9.17, 15) is 4.79 Å². The molecule has 0 bridgehead atoms. The molecule has 2 aromatic heterocycles. The number of amides is 1. The predicted molar refractivity (Wildman–Crippen MR) is 106 cm³/mol. The van der Waals surface area contributed by atoms with Crippen LogP contribution >= 0.6 is 0 Å². The molecule has 1 aliphatic rings. The van der Waals surface area contributed by atoms with Crippen LogP contribution in [0, 0.1) is 6.92 Å². The number of hydrogen-bond acceptors (Lipinski definition) is 6. The van der Waals surface area contributed by atoms with Crippen LogP contribution in [0.3, 0.4) is 0 Å². The molecule has 1 aliphatic heterocycles. The third-order valence-corrected chi connectivity index (χ3v) is 4.89. The zero-order valence-corrected chi connectivity index (χ0v) is 17.1. The van der Waals surface area contributed by atoms with Crippen LogP contribution in [0.2, 0.25) is 0 Å². The topological polar surface area (TPSA) is 86.3 Å². The van der Waals surface area contributed by atoms with Gasteiger partial charge in [-0.2, -0.15) is 10.1 Å². The van der Waals surface area contributed by atoms with E-state index >= 15 is 0 Å². The largest absolute Gasteiger partial charge is 0.377 e. The Balaban J connectivity index is 1.62. The van der Waals surface area contributed by atoms with E-state index in [0.29, 0.717) is 37.2 Å². The second-order valence-corrected chi connectivity index (χ2v) is 8.17. The Morgan fingerprint density at radius 3 is 2.66 bits per heavy atom. The smallest absolute Gasteiger partial charge is 0.275 e. The zero-order valence-electron chi connectivity index (χ0n) is 17.1. The maximum Gasteiger partial charge on any atom is 0.275 e. The SMILES string of the molecule is Cc1cc(C(=O)N2CCOC[C@@H]2c2noc(-c3ccccc3)n2)nn1C(C)(C)C. The van der Waals surface area contributed by atoms with Gasteiger partial charge in [-0.3, -0.25) is 9.48 Å². The molecule has 1 saturated heterocycles. The van der Waals surface area contributed by atoms with Crippen molar-refractivity contribution in [2.75, 3.05) is 19.8 Å². The Morgan fingerprint density at radius 2 is 1.97 bits per heavy atom. The molecule has 29 heavy (non-hydrogen) atoms. The maximum absolute atomic E-state index is 13.3. The van der Waals surface area contributed by atoms with E-state index in [2.05, 4.69) is 36.0 Å². The predicted octanol–water partition coefficient (Wildman–Crippen LogP) is 3.21. The van der Waals surface area contributed by atoms with Crippen LogP contribution in [0.5, 0.6) is 0 Å². The van der Waals surface area contributed by atoms with Crippen LogP contribution in [0.1, 0.15) is 48.8 Å². The molecule has 1 amide bonds. The molecule has 0 N–H and O–H groups in total. The summed E-state index contributed by atoms with van der Waals surface area (Å²) >= 11 is 0. The van der Waals surface area contributed by atoms with Gasteiger partial charge in [-0.05, 0) is 45.9 Å². The van der Waals surface area contributed by atoms with Gasteiger partial charge >= 0.3 is 0 Å². The summed E-state index contributed by atoms with van der Waals surface area (Å²) in [6, 6.07) is 11.0. The Morgan fingerprint density at radius 1 is 1.21 bits per heavy atom.